The molecule has 1 aliphatic rings. The van der Waals surface area contributed by atoms with Crippen LogP contribution in [0.25, 0.3) is 0 Å². The van der Waals surface area contributed by atoms with E-state index in [1.807, 2.05) is 4.68 Å². The molecule has 3 N–H and O–H groups in total. The summed E-state index contributed by atoms with van der Waals surface area (Å²) in [5.74, 6) is 2.20. The Morgan fingerprint density at radius 2 is 1.81 bits per heavy atom. The first-order chi connectivity index (χ1) is 15.1. The monoisotopic (exact) mass is 458 g/mol. The predicted molar refractivity (Wildman–Crippen MR) is 134 cm³/mol. The summed E-state index contributed by atoms with van der Waals surface area (Å²) in [5.41, 5.74) is 7.17. The van der Waals surface area contributed by atoms with E-state index in [1.54, 1.807) is 11.8 Å². The number of hydrogen-bond donors (Lipinski definition) is 2. The molecule has 0 amide bonds. The molecular weight excluding hydrogens is 416 g/mol. The molecule has 3 unspecified atom stereocenters. The quantitative estimate of drug-likeness (QED) is 0.514. The summed E-state index contributed by atoms with van der Waals surface area (Å²) in [6.45, 7) is 13.0. The molecule has 1 heterocycles. The highest BCUT2D eigenvalue weighted by Crippen LogP contribution is 2.35. The number of aromatic nitrogens is 4. The second-order valence-electron chi connectivity index (χ2n) is 11.2. The second-order valence-corrected chi connectivity index (χ2v) is 12.1. The third kappa shape index (κ3) is 6.55. The van der Waals surface area contributed by atoms with Gasteiger partial charge in [0.15, 0.2) is 5.82 Å². The molecule has 1 aliphatic carbocycles. The topological polar surface area (TPSA) is 81.7 Å². The Morgan fingerprint density at radius 3 is 2.44 bits per heavy atom. The number of nitrogens with one attached hydrogen (secondary N) is 1. The maximum absolute atomic E-state index is 5.98. The van der Waals surface area contributed by atoms with Crippen LogP contribution in [0.5, 0.6) is 0 Å². The molecule has 0 radical (unpaired) electrons. The lowest BCUT2D eigenvalue weighted by Crippen LogP contribution is -2.38. The van der Waals surface area contributed by atoms with Crippen LogP contribution < -0.4 is 11.1 Å². The first-order valence-electron chi connectivity index (χ1n) is 12.0. The lowest BCUT2D eigenvalue weighted by atomic mass is 9.81. The molecule has 1 fully saturated rings. The molecule has 1 saturated carbocycles. The first kappa shape index (κ1) is 25.2. The maximum atomic E-state index is 5.98. The largest absolute Gasteiger partial charge is 0.330 e. The molecule has 7 heteroatoms. The van der Waals surface area contributed by atoms with Crippen LogP contribution in [0.15, 0.2) is 29.2 Å². The zero-order valence-corrected chi connectivity index (χ0v) is 21.6. The van der Waals surface area contributed by atoms with Gasteiger partial charge in [-0.15, -0.1) is 16.9 Å². The number of rotatable bonds is 9. The molecule has 0 spiro atoms. The van der Waals surface area contributed by atoms with Gasteiger partial charge in [-0.25, -0.2) is 4.68 Å². The Labute approximate surface area is 198 Å². The third-order valence-electron chi connectivity index (χ3n) is 6.57. The van der Waals surface area contributed by atoms with E-state index in [0.717, 1.165) is 25.3 Å². The van der Waals surface area contributed by atoms with Gasteiger partial charge in [-0.1, -0.05) is 39.3 Å². The number of hydrogen-bond acceptors (Lipinski definition) is 6. The molecular formula is C25H42N6S. The molecule has 0 aliphatic heterocycles. The molecule has 1 aromatic heterocycles. The van der Waals surface area contributed by atoms with E-state index in [4.69, 9.17) is 5.73 Å². The van der Waals surface area contributed by atoms with Crippen molar-refractivity contribution in [3.8, 4) is 0 Å². The summed E-state index contributed by atoms with van der Waals surface area (Å²) in [5, 5.41) is 17.0. The van der Waals surface area contributed by atoms with Crippen molar-refractivity contribution in [2.45, 2.75) is 83.2 Å². The lowest BCUT2D eigenvalue weighted by Gasteiger charge is -2.34. The summed E-state index contributed by atoms with van der Waals surface area (Å²) < 4.78 is 2.04. The summed E-state index contributed by atoms with van der Waals surface area (Å²) in [6, 6.07) is 8.76. The molecule has 0 bridgehead atoms. The van der Waals surface area contributed by atoms with Crippen molar-refractivity contribution in [1.82, 2.24) is 25.5 Å². The van der Waals surface area contributed by atoms with E-state index in [-0.39, 0.29) is 17.0 Å². The van der Waals surface area contributed by atoms with Crippen LogP contribution in [0, 0.1) is 17.3 Å². The fourth-order valence-electron chi connectivity index (χ4n) is 5.42. The van der Waals surface area contributed by atoms with Gasteiger partial charge in [-0.2, -0.15) is 0 Å². The van der Waals surface area contributed by atoms with E-state index in [2.05, 4.69) is 86.0 Å². The van der Waals surface area contributed by atoms with Gasteiger partial charge in [0.05, 0.1) is 11.6 Å². The van der Waals surface area contributed by atoms with E-state index in [1.165, 1.54) is 36.1 Å². The predicted octanol–water partition coefficient (Wildman–Crippen LogP) is 5.01. The summed E-state index contributed by atoms with van der Waals surface area (Å²) in [6.07, 6.45) is 8.11. The second kappa shape index (κ2) is 10.7. The van der Waals surface area contributed by atoms with Crippen molar-refractivity contribution < 1.29 is 0 Å². The highest BCUT2D eigenvalue weighted by atomic mass is 32.2. The molecule has 3 rings (SSSR count). The normalized spacial score (nSPS) is 21.0. The highest BCUT2D eigenvalue weighted by molar-refractivity contribution is 7.98. The minimum absolute atomic E-state index is 0.0431. The van der Waals surface area contributed by atoms with Crippen molar-refractivity contribution in [3.05, 3.63) is 35.7 Å². The van der Waals surface area contributed by atoms with Crippen LogP contribution in [0.4, 0.5) is 0 Å². The highest BCUT2D eigenvalue weighted by Gasteiger charge is 2.34. The van der Waals surface area contributed by atoms with Gasteiger partial charge in [0.25, 0.3) is 0 Å². The van der Waals surface area contributed by atoms with Crippen molar-refractivity contribution in [2.24, 2.45) is 23.0 Å². The van der Waals surface area contributed by atoms with Crippen LogP contribution in [0.1, 0.15) is 84.2 Å². The van der Waals surface area contributed by atoms with E-state index >= 15 is 0 Å². The summed E-state index contributed by atoms with van der Waals surface area (Å²) >= 11 is 1.76. The average Bonchev–Trinajstić information content (AvgIpc) is 3.23. The Balaban J connectivity index is 1.89. The number of benzene rings is 1. The minimum atomic E-state index is -0.189. The first-order valence-corrected chi connectivity index (χ1v) is 13.2. The molecule has 6 nitrogen and oxygen atoms in total. The van der Waals surface area contributed by atoms with Crippen LogP contribution in [-0.4, -0.2) is 39.6 Å². The van der Waals surface area contributed by atoms with E-state index in [9.17, 15) is 0 Å². The zero-order chi connectivity index (χ0) is 23.4. The van der Waals surface area contributed by atoms with Gasteiger partial charge in [0.1, 0.15) is 0 Å². The molecule has 32 heavy (non-hydrogen) atoms. The SMILES string of the molecule is CSc1ccc(C(NCC2CCCC(CN)C2)c2nnnn2C(C)(C)CC(C)(C)C)cc1. The maximum Gasteiger partial charge on any atom is 0.173 e. The fourth-order valence-corrected chi connectivity index (χ4v) is 5.83. The Hall–Kier alpha value is -1.44. The Morgan fingerprint density at radius 1 is 1.12 bits per heavy atom. The summed E-state index contributed by atoms with van der Waals surface area (Å²) in [4.78, 5) is 1.26. The fraction of sp³-hybridized carbons (Fsp3) is 0.720. The molecule has 0 saturated heterocycles. The molecule has 178 valence electrons. The standard InChI is InChI=1S/C25H42N6S/c1-24(2,3)17-25(4,5)31-23(28-29-30-31)22(20-10-12-21(32-6)13-11-20)27-16-19-9-7-8-18(14-19)15-26/h10-13,18-19,22,27H,7-9,14-17,26H2,1-6H3. The summed E-state index contributed by atoms with van der Waals surface area (Å²) in [7, 11) is 0. The number of tetrazole rings is 1. The van der Waals surface area contributed by atoms with Gasteiger partial charge in [-0.05, 0) is 104 Å². The van der Waals surface area contributed by atoms with E-state index in [0.29, 0.717) is 11.8 Å². The molecule has 1 aromatic carbocycles. The Kier molecular flexibility index (Phi) is 8.39. The van der Waals surface area contributed by atoms with Crippen LogP contribution in [-0.2, 0) is 5.54 Å². The van der Waals surface area contributed by atoms with Crippen molar-refractivity contribution in [1.29, 1.82) is 0 Å². The third-order valence-corrected chi connectivity index (χ3v) is 7.32. The molecule has 2 aromatic rings. The van der Waals surface area contributed by atoms with Crippen LogP contribution >= 0.6 is 11.8 Å². The Bertz CT molecular complexity index is 839. The van der Waals surface area contributed by atoms with E-state index < -0.39 is 0 Å². The van der Waals surface area contributed by atoms with Gasteiger partial charge < -0.3 is 11.1 Å². The van der Waals surface area contributed by atoms with Gasteiger partial charge >= 0.3 is 0 Å². The van der Waals surface area contributed by atoms with Gasteiger partial charge in [0, 0.05) is 4.90 Å². The van der Waals surface area contributed by atoms with Gasteiger partial charge in [0.2, 0.25) is 0 Å². The van der Waals surface area contributed by atoms with Crippen molar-refractivity contribution in [3.63, 3.8) is 0 Å². The smallest absolute Gasteiger partial charge is 0.173 e. The zero-order valence-electron chi connectivity index (χ0n) is 20.8. The van der Waals surface area contributed by atoms with Crippen LogP contribution in [0.2, 0.25) is 0 Å². The van der Waals surface area contributed by atoms with Crippen LogP contribution in [0.3, 0.4) is 0 Å². The molecule has 3 atom stereocenters. The number of nitrogens with zero attached hydrogens (tertiary/aromatic N) is 4. The lowest BCUT2D eigenvalue weighted by molar-refractivity contribution is 0.187. The van der Waals surface area contributed by atoms with Crippen molar-refractivity contribution in [2.75, 3.05) is 19.3 Å². The van der Waals surface area contributed by atoms with Crippen molar-refractivity contribution >= 4 is 11.8 Å². The van der Waals surface area contributed by atoms with Gasteiger partial charge in [-0.3, -0.25) is 0 Å². The minimum Gasteiger partial charge on any atom is -0.330 e. The average molecular weight is 459 g/mol. The number of thioether (sulfide) groups is 1. The number of nitrogens with two attached hydrogens (primary N) is 1.